The first-order chi connectivity index (χ1) is 10.4. The van der Waals surface area contributed by atoms with Crippen molar-refractivity contribution in [3.8, 4) is 0 Å². The second kappa shape index (κ2) is 5.16. The SMILES string of the molecule is CC1(C)[C@H](C(=O)O)[C@@H]1C(=O)NCCc1cc2ccccc2[nH]1. The zero-order chi connectivity index (χ0) is 15.9. The third kappa shape index (κ3) is 2.47. The van der Waals surface area contributed by atoms with Crippen molar-refractivity contribution in [2.24, 2.45) is 17.3 Å². The summed E-state index contributed by atoms with van der Waals surface area (Å²) in [5.74, 6) is -2.04. The molecular weight excluding hydrogens is 280 g/mol. The maximum absolute atomic E-state index is 12.1. The van der Waals surface area contributed by atoms with Gasteiger partial charge in [0.1, 0.15) is 0 Å². The first-order valence-electron chi connectivity index (χ1n) is 7.48. The number of hydrogen-bond acceptors (Lipinski definition) is 2. The van der Waals surface area contributed by atoms with Crippen LogP contribution < -0.4 is 5.32 Å². The molecule has 3 N–H and O–H groups in total. The van der Waals surface area contributed by atoms with E-state index in [9.17, 15) is 9.59 Å². The molecule has 0 radical (unpaired) electrons. The minimum atomic E-state index is -0.888. The van der Waals surface area contributed by atoms with Crippen LogP contribution in [0.3, 0.4) is 0 Å². The number of benzene rings is 1. The quantitative estimate of drug-likeness (QED) is 0.791. The number of aromatic amines is 1. The predicted octanol–water partition coefficient (Wildman–Crippen LogP) is 2.18. The molecular formula is C17H20N2O3. The van der Waals surface area contributed by atoms with Gasteiger partial charge in [0.25, 0.3) is 0 Å². The standard InChI is InChI=1S/C17H20N2O3/c1-17(2)13(14(17)16(21)22)15(20)18-8-7-11-9-10-5-3-4-6-12(10)19-11/h3-6,9,13-14,19H,7-8H2,1-2H3,(H,18,20)(H,21,22)/t13-,14+/m1/s1. The molecule has 1 aromatic carbocycles. The Morgan fingerprint density at radius 3 is 2.64 bits per heavy atom. The number of rotatable bonds is 5. The highest BCUT2D eigenvalue weighted by atomic mass is 16.4. The second-order valence-electron chi connectivity index (χ2n) is 6.54. The lowest BCUT2D eigenvalue weighted by Crippen LogP contribution is -2.29. The van der Waals surface area contributed by atoms with Crippen molar-refractivity contribution >= 4 is 22.8 Å². The van der Waals surface area contributed by atoms with Gasteiger partial charge < -0.3 is 15.4 Å². The van der Waals surface area contributed by atoms with Crippen LogP contribution in [0.5, 0.6) is 0 Å². The third-order valence-corrected chi connectivity index (χ3v) is 4.66. The van der Waals surface area contributed by atoms with Gasteiger partial charge >= 0.3 is 5.97 Å². The lowest BCUT2D eigenvalue weighted by Gasteiger charge is -2.05. The topological polar surface area (TPSA) is 82.2 Å². The molecule has 5 heteroatoms. The fourth-order valence-electron chi connectivity index (χ4n) is 3.29. The van der Waals surface area contributed by atoms with Crippen LogP contribution in [0.25, 0.3) is 10.9 Å². The number of hydrogen-bond donors (Lipinski definition) is 3. The number of para-hydroxylation sites is 1. The van der Waals surface area contributed by atoms with E-state index in [4.69, 9.17) is 5.11 Å². The highest BCUT2D eigenvalue weighted by Crippen LogP contribution is 2.58. The highest BCUT2D eigenvalue weighted by molar-refractivity contribution is 5.91. The Morgan fingerprint density at radius 1 is 1.27 bits per heavy atom. The normalized spacial score (nSPS) is 22.5. The van der Waals surface area contributed by atoms with E-state index in [1.54, 1.807) is 0 Å². The van der Waals surface area contributed by atoms with Gasteiger partial charge in [0, 0.05) is 24.2 Å². The molecule has 1 aliphatic rings. The second-order valence-corrected chi connectivity index (χ2v) is 6.54. The Morgan fingerprint density at radius 2 is 2.00 bits per heavy atom. The average Bonchev–Trinajstić information content (AvgIpc) is 2.84. The van der Waals surface area contributed by atoms with E-state index in [0.717, 1.165) is 16.6 Å². The molecule has 3 rings (SSSR count). The molecule has 5 nitrogen and oxygen atoms in total. The van der Waals surface area contributed by atoms with E-state index < -0.39 is 23.2 Å². The summed E-state index contributed by atoms with van der Waals surface area (Å²) in [5.41, 5.74) is 1.70. The summed E-state index contributed by atoms with van der Waals surface area (Å²) in [6, 6.07) is 10.1. The Hall–Kier alpha value is -2.30. The predicted molar refractivity (Wildman–Crippen MR) is 83.4 cm³/mol. The molecule has 1 aromatic heterocycles. The van der Waals surface area contributed by atoms with E-state index in [1.165, 1.54) is 0 Å². The van der Waals surface area contributed by atoms with Crippen LogP contribution in [-0.4, -0.2) is 28.5 Å². The van der Waals surface area contributed by atoms with E-state index in [-0.39, 0.29) is 5.91 Å². The minimum Gasteiger partial charge on any atom is -0.481 e. The first-order valence-corrected chi connectivity index (χ1v) is 7.48. The van der Waals surface area contributed by atoms with Crippen LogP contribution in [-0.2, 0) is 16.0 Å². The highest BCUT2D eigenvalue weighted by Gasteiger charge is 2.65. The number of H-pyrrole nitrogens is 1. The molecule has 1 amide bonds. The van der Waals surface area contributed by atoms with Crippen LogP contribution in [0.2, 0.25) is 0 Å². The number of carbonyl (C=O) groups excluding carboxylic acids is 1. The summed E-state index contributed by atoms with van der Waals surface area (Å²) in [6.45, 7) is 4.16. The molecule has 0 saturated heterocycles. The van der Waals surface area contributed by atoms with Gasteiger partial charge in [-0.3, -0.25) is 9.59 Å². The number of nitrogens with one attached hydrogen (secondary N) is 2. The summed E-state index contributed by atoms with van der Waals surface area (Å²) in [5, 5.41) is 13.1. The molecule has 0 unspecified atom stereocenters. The molecule has 1 saturated carbocycles. The van der Waals surface area contributed by atoms with Crippen molar-refractivity contribution in [1.29, 1.82) is 0 Å². The molecule has 0 bridgehead atoms. The number of carboxylic acid groups (broad SMARTS) is 1. The summed E-state index contributed by atoms with van der Waals surface area (Å²) in [4.78, 5) is 26.5. The number of fused-ring (bicyclic) bond motifs is 1. The molecule has 2 aromatic rings. The van der Waals surface area contributed by atoms with Gasteiger partial charge in [0.2, 0.25) is 5.91 Å². The monoisotopic (exact) mass is 300 g/mol. The van der Waals surface area contributed by atoms with Crippen molar-refractivity contribution in [3.63, 3.8) is 0 Å². The molecule has 1 heterocycles. The summed E-state index contributed by atoms with van der Waals surface area (Å²) in [6.07, 6.45) is 0.700. The number of carboxylic acids is 1. The fourth-order valence-corrected chi connectivity index (χ4v) is 3.29. The lowest BCUT2D eigenvalue weighted by atomic mass is 10.1. The number of aliphatic carboxylic acids is 1. The zero-order valence-corrected chi connectivity index (χ0v) is 12.7. The summed E-state index contributed by atoms with van der Waals surface area (Å²) < 4.78 is 0. The van der Waals surface area contributed by atoms with Crippen molar-refractivity contribution in [2.45, 2.75) is 20.3 Å². The summed E-state index contributed by atoms with van der Waals surface area (Å²) in [7, 11) is 0. The number of carbonyl (C=O) groups is 2. The van der Waals surface area contributed by atoms with Crippen molar-refractivity contribution in [3.05, 3.63) is 36.0 Å². The number of amides is 1. The van der Waals surface area contributed by atoms with Crippen LogP contribution >= 0.6 is 0 Å². The van der Waals surface area contributed by atoms with Gasteiger partial charge in [0.15, 0.2) is 0 Å². The summed E-state index contributed by atoms with van der Waals surface area (Å²) >= 11 is 0. The molecule has 0 spiro atoms. The smallest absolute Gasteiger partial charge is 0.307 e. The van der Waals surface area contributed by atoms with Gasteiger partial charge in [-0.25, -0.2) is 0 Å². The van der Waals surface area contributed by atoms with Crippen molar-refractivity contribution in [2.75, 3.05) is 6.54 Å². The maximum Gasteiger partial charge on any atom is 0.307 e. The Labute approximate surface area is 128 Å². The Kier molecular flexibility index (Phi) is 3.43. The molecule has 0 aliphatic heterocycles. The van der Waals surface area contributed by atoms with Crippen molar-refractivity contribution < 1.29 is 14.7 Å². The lowest BCUT2D eigenvalue weighted by molar-refractivity contribution is -0.140. The van der Waals surface area contributed by atoms with Gasteiger partial charge in [-0.2, -0.15) is 0 Å². The molecule has 2 atom stereocenters. The maximum atomic E-state index is 12.1. The van der Waals surface area contributed by atoms with Crippen LogP contribution in [0, 0.1) is 17.3 Å². The van der Waals surface area contributed by atoms with Crippen LogP contribution in [0.4, 0.5) is 0 Å². The Balaban J connectivity index is 1.55. The molecule has 1 aliphatic carbocycles. The zero-order valence-electron chi connectivity index (χ0n) is 12.7. The molecule has 116 valence electrons. The largest absolute Gasteiger partial charge is 0.481 e. The number of aromatic nitrogens is 1. The van der Waals surface area contributed by atoms with E-state index in [0.29, 0.717) is 13.0 Å². The van der Waals surface area contributed by atoms with Gasteiger partial charge in [-0.15, -0.1) is 0 Å². The van der Waals surface area contributed by atoms with E-state index >= 15 is 0 Å². The van der Waals surface area contributed by atoms with Gasteiger partial charge in [-0.05, 0) is 22.9 Å². The van der Waals surface area contributed by atoms with Gasteiger partial charge in [0.05, 0.1) is 11.8 Å². The molecule has 22 heavy (non-hydrogen) atoms. The Bertz CT molecular complexity index is 699. The fraction of sp³-hybridized carbons (Fsp3) is 0.412. The minimum absolute atomic E-state index is 0.159. The van der Waals surface area contributed by atoms with Crippen LogP contribution in [0.15, 0.2) is 30.3 Å². The molecule has 1 fully saturated rings. The average molecular weight is 300 g/mol. The van der Waals surface area contributed by atoms with Crippen molar-refractivity contribution in [1.82, 2.24) is 10.3 Å². The third-order valence-electron chi connectivity index (χ3n) is 4.66. The first kappa shape index (κ1) is 14.6. The van der Waals surface area contributed by atoms with E-state index in [2.05, 4.69) is 16.4 Å². The van der Waals surface area contributed by atoms with Gasteiger partial charge in [-0.1, -0.05) is 32.0 Å². The van der Waals surface area contributed by atoms with Crippen LogP contribution in [0.1, 0.15) is 19.5 Å². The van der Waals surface area contributed by atoms with E-state index in [1.807, 2.05) is 38.1 Å².